The lowest BCUT2D eigenvalue weighted by Gasteiger charge is -2.24. The van der Waals surface area contributed by atoms with E-state index < -0.39 is 10.0 Å². The molecule has 0 amide bonds. The van der Waals surface area contributed by atoms with Gasteiger partial charge in [0.05, 0.1) is 12.0 Å². The van der Waals surface area contributed by atoms with Crippen LogP contribution in [0.2, 0.25) is 0 Å². The summed E-state index contributed by atoms with van der Waals surface area (Å²) in [6.07, 6.45) is 3.03. The molecule has 0 saturated heterocycles. The second kappa shape index (κ2) is 5.54. The van der Waals surface area contributed by atoms with Crippen LogP contribution in [0, 0.1) is 0 Å². The van der Waals surface area contributed by atoms with Gasteiger partial charge in [-0.05, 0) is 30.7 Å². The molecule has 0 fully saturated rings. The largest absolute Gasteiger partial charge is 0.497 e. The maximum absolute atomic E-state index is 12.4. The van der Waals surface area contributed by atoms with E-state index in [1.54, 1.807) is 18.2 Å². The molecular formula is C13H15NO4S. The standard InChI is InChI=1S/C13H15NO4S/c1-18-12-4-6-13(7-5-12)19(16,17)14-8-2-3-11(9-14)10-15/h3-7,10H,2,8-9H2,1H3. The molecule has 0 radical (unpaired) electrons. The molecule has 1 aliphatic heterocycles. The van der Waals surface area contributed by atoms with Crippen molar-refractivity contribution in [3.63, 3.8) is 0 Å². The summed E-state index contributed by atoms with van der Waals surface area (Å²) in [5.74, 6) is 0.603. The van der Waals surface area contributed by atoms with Gasteiger partial charge in [-0.25, -0.2) is 8.42 Å². The molecule has 0 N–H and O–H groups in total. The van der Waals surface area contributed by atoms with Crippen LogP contribution in [0.3, 0.4) is 0 Å². The molecule has 0 unspecified atom stereocenters. The van der Waals surface area contributed by atoms with E-state index in [2.05, 4.69) is 0 Å². The maximum Gasteiger partial charge on any atom is 0.243 e. The van der Waals surface area contributed by atoms with Crippen LogP contribution in [0.5, 0.6) is 5.75 Å². The number of hydrogen-bond donors (Lipinski definition) is 0. The maximum atomic E-state index is 12.4. The molecule has 1 heterocycles. The summed E-state index contributed by atoms with van der Waals surface area (Å²) < 4.78 is 31.1. The van der Waals surface area contributed by atoms with Crippen molar-refractivity contribution in [3.8, 4) is 5.75 Å². The monoisotopic (exact) mass is 281 g/mol. The predicted molar refractivity (Wildman–Crippen MR) is 70.5 cm³/mol. The van der Waals surface area contributed by atoms with Crippen LogP contribution in [-0.4, -0.2) is 39.2 Å². The minimum Gasteiger partial charge on any atom is -0.497 e. The van der Waals surface area contributed by atoms with Crippen LogP contribution in [0.4, 0.5) is 0 Å². The number of ether oxygens (including phenoxy) is 1. The Kier molecular flexibility index (Phi) is 4.01. The molecule has 0 aliphatic carbocycles. The number of benzene rings is 1. The normalized spacial score (nSPS) is 16.8. The van der Waals surface area contributed by atoms with Crippen LogP contribution in [-0.2, 0) is 14.8 Å². The van der Waals surface area contributed by atoms with Crippen molar-refractivity contribution >= 4 is 16.3 Å². The van der Waals surface area contributed by atoms with E-state index in [1.165, 1.54) is 23.5 Å². The van der Waals surface area contributed by atoms with Gasteiger partial charge in [0, 0.05) is 18.7 Å². The van der Waals surface area contributed by atoms with Gasteiger partial charge in [-0.2, -0.15) is 4.31 Å². The Morgan fingerprint density at radius 1 is 1.26 bits per heavy atom. The number of rotatable bonds is 4. The molecule has 102 valence electrons. The van der Waals surface area contributed by atoms with Crippen molar-refractivity contribution in [1.29, 1.82) is 0 Å². The SMILES string of the molecule is COc1ccc(S(=O)(=O)N2CCC=C(C=O)C2)cc1. The molecule has 0 spiro atoms. The van der Waals surface area contributed by atoms with Crippen LogP contribution in [0.1, 0.15) is 6.42 Å². The highest BCUT2D eigenvalue weighted by Crippen LogP contribution is 2.22. The molecule has 1 aliphatic rings. The Balaban J connectivity index is 2.26. The molecule has 0 aromatic heterocycles. The summed E-state index contributed by atoms with van der Waals surface area (Å²) in [6.45, 7) is 0.531. The lowest BCUT2D eigenvalue weighted by Crippen LogP contribution is -2.36. The van der Waals surface area contributed by atoms with E-state index in [9.17, 15) is 13.2 Å². The van der Waals surface area contributed by atoms with E-state index in [1.807, 2.05) is 0 Å². The third-order valence-electron chi connectivity index (χ3n) is 2.99. The van der Waals surface area contributed by atoms with Gasteiger partial charge in [0.2, 0.25) is 10.0 Å². The number of nitrogens with zero attached hydrogens (tertiary/aromatic N) is 1. The first-order chi connectivity index (χ1) is 9.07. The summed E-state index contributed by atoms with van der Waals surface area (Å²) >= 11 is 0. The van der Waals surface area contributed by atoms with E-state index in [4.69, 9.17) is 4.74 Å². The number of sulfonamides is 1. The van der Waals surface area contributed by atoms with Gasteiger partial charge in [-0.15, -0.1) is 0 Å². The summed E-state index contributed by atoms with van der Waals surface area (Å²) in [4.78, 5) is 11.0. The number of hydrogen-bond acceptors (Lipinski definition) is 4. The number of carbonyl (C=O) groups is 1. The quantitative estimate of drug-likeness (QED) is 0.778. The van der Waals surface area contributed by atoms with Gasteiger partial charge in [-0.3, -0.25) is 4.79 Å². The second-order valence-electron chi connectivity index (χ2n) is 4.20. The van der Waals surface area contributed by atoms with Crippen LogP contribution in [0.15, 0.2) is 40.8 Å². The Hall–Kier alpha value is -1.66. The Labute approximate surface area is 112 Å². The molecule has 19 heavy (non-hydrogen) atoms. The zero-order valence-electron chi connectivity index (χ0n) is 10.6. The van der Waals surface area contributed by atoms with Crippen molar-refractivity contribution < 1.29 is 17.9 Å². The molecule has 1 aromatic rings. The van der Waals surface area contributed by atoms with Gasteiger partial charge in [0.25, 0.3) is 0 Å². The predicted octanol–water partition coefficient (Wildman–Crippen LogP) is 1.21. The van der Waals surface area contributed by atoms with E-state index in [0.717, 1.165) is 0 Å². The Morgan fingerprint density at radius 2 is 1.95 bits per heavy atom. The van der Waals surface area contributed by atoms with Gasteiger partial charge in [0.15, 0.2) is 0 Å². The molecular weight excluding hydrogens is 266 g/mol. The van der Waals surface area contributed by atoms with Crippen LogP contribution >= 0.6 is 0 Å². The first kappa shape index (κ1) is 13.8. The van der Waals surface area contributed by atoms with E-state index in [0.29, 0.717) is 30.6 Å². The molecule has 0 bridgehead atoms. The fraction of sp³-hybridized carbons (Fsp3) is 0.308. The van der Waals surface area contributed by atoms with Crippen LogP contribution < -0.4 is 4.74 Å². The van der Waals surface area contributed by atoms with Crippen molar-refractivity contribution in [2.75, 3.05) is 20.2 Å². The average Bonchev–Trinajstić information content (AvgIpc) is 2.47. The van der Waals surface area contributed by atoms with Gasteiger partial charge >= 0.3 is 0 Å². The Morgan fingerprint density at radius 3 is 2.53 bits per heavy atom. The smallest absolute Gasteiger partial charge is 0.243 e. The summed E-state index contributed by atoms with van der Waals surface area (Å²) in [7, 11) is -2.03. The minimum atomic E-state index is -3.55. The van der Waals surface area contributed by atoms with Gasteiger partial charge in [-0.1, -0.05) is 6.08 Å². The van der Waals surface area contributed by atoms with E-state index in [-0.39, 0.29) is 11.4 Å². The molecule has 1 aromatic carbocycles. The van der Waals surface area contributed by atoms with Crippen molar-refractivity contribution in [2.45, 2.75) is 11.3 Å². The molecule has 0 atom stereocenters. The zero-order valence-corrected chi connectivity index (χ0v) is 11.4. The molecule has 0 saturated carbocycles. The highest BCUT2D eigenvalue weighted by molar-refractivity contribution is 7.89. The number of methoxy groups -OCH3 is 1. The minimum absolute atomic E-state index is 0.137. The highest BCUT2D eigenvalue weighted by Gasteiger charge is 2.26. The lowest BCUT2D eigenvalue weighted by molar-refractivity contribution is -0.105. The summed E-state index contributed by atoms with van der Waals surface area (Å²) in [5.41, 5.74) is 0.503. The topological polar surface area (TPSA) is 63.7 Å². The second-order valence-corrected chi connectivity index (χ2v) is 6.14. The zero-order chi connectivity index (χ0) is 13.9. The fourth-order valence-corrected chi connectivity index (χ4v) is 3.37. The fourth-order valence-electron chi connectivity index (χ4n) is 1.93. The number of carbonyl (C=O) groups excluding carboxylic acids is 1. The van der Waals surface area contributed by atoms with Crippen molar-refractivity contribution in [3.05, 3.63) is 35.9 Å². The first-order valence-corrected chi connectivity index (χ1v) is 7.30. The average molecular weight is 281 g/mol. The summed E-state index contributed by atoms with van der Waals surface area (Å²) in [5, 5.41) is 0. The van der Waals surface area contributed by atoms with Gasteiger partial charge in [0.1, 0.15) is 12.0 Å². The number of aldehydes is 1. The molecule has 2 rings (SSSR count). The first-order valence-electron chi connectivity index (χ1n) is 5.86. The molecule has 6 heteroatoms. The third kappa shape index (κ3) is 2.85. The summed E-state index contributed by atoms with van der Waals surface area (Å²) in [6, 6.07) is 6.22. The lowest BCUT2D eigenvalue weighted by atomic mass is 10.2. The molecule has 5 nitrogen and oxygen atoms in total. The van der Waals surface area contributed by atoms with E-state index >= 15 is 0 Å². The highest BCUT2D eigenvalue weighted by atomic mass is 32.2. The third-order valence-corrected chi connectivity index (χ3v) is 4.85. The van der Waals surface area contributed by atoms with Crippen LogP contribution in [0.25, 0.3) is 0 Å². The Bertz CT molecular complexity index is 590. The van der Waals surface area contributed by atoms with Gasteiger partial charge < -0.3 is 4.74 Å². The van der Waals surface area contributed by atoms with Crippen molar-refractivity contribution in [2.24, 2.45) is 0 Å². The van der Waals surface area contributed by atoms with Crippen molar-refractivity contribution in [1.82, 2.24) is 4.31 Å².